The van der Waals surface area contributed by atoms with Crippen LogP contribution in [0.1, 0.15) is 43.0 Å². The molecule has 0 aliphatic carbocycles. The number of amidine groups is 1. The lowest BCUT2D eigenvalue weighted by atomic mass is 9.90. The van der Waals surface area contributed by atoms with Crippen molar-refractivity contribution >= 4 is 40.4 Å². The SMILES string of the molecule is CCOC(=O)C1=C(c2ccccc2)N=C2SC=C(CC(=O)N3CCN(C(C)=O)CC3)N2[C@@H]1c1cccc(C)c1. The number of hydrogen-bond acceptors (Lipinski definition) is 7. The molecule has 1 fully saturated rings. The Morgan fingerprint density at radius 1 is 1.00 bits per heavy atom. The van der Waals surface area contributed by atoms with E-state index in [0.29, 0.717) is 37.4 Å². The first-order valence-corrected chi connectivity index (χ1v) is 14.1. The highest BCUT2D eigenvalue weighted by molar-refractivity contribution is 8.16. The average molecular weight is 545 g/mol. The van der Waals surface area contributed by atoms with Crippen molar-refractivity contribution in [2.45, 2.75) is 33.2 Å². The number of thioether (sulfide) groups is 1. The number of carbonyl (C=O) groups excluding carboxylic acids is 3. The average Bonchev–Trinajstić information content (AvgIpc) is 3.34. The summed E-state index contributed by atoms with van der Waals surface area (Å²) in [5.74, 6) is -0.405. The molecular weight excluding hydrogens is 512 g/mol. The lowest BCUT2D eigenvalue weighted by Crippen LogP contribution is -2.50. The van der Waals surface area contributed by atoms with E-state index in [1.54, 1.807) is 18.7 Å². The summed E-state index contributed by atoms with van der Waals surface area (Å²) in [5, 5.41) is 2.68. The third kappa shape index (κ3) is 5.49. The second kappa shape index (κ2) is 11.5. The molecule has 0 aromatic heterocycles. The smallest absolute Gasteiger partial charge is 0.338 e. The molecule has 8 nitrogen and oxygen atoms in total. The third-order valence-corrected chi connectivity index (χ3v) is 8.01. The summed E-state index contributed by atoms with van der Waals surface area (Å²) in [4.78, 5) is 49.3. The molecule has 0 spiro atoms. The van der Waals surface area contributed by atoms with E-state index in [4.69, 9.17) is 9.73 Å². The van der Waals surface area contributed by atoms with E-state index in [9.17, 15) is 14.4 Å². The number of hydrogen-bond donors (Lipinski definition) is 0. The quantitative estimate of drug-likeness (QED) is 0.503. The summed E-state index contributed by atoms with van der Waals surface area (Å²) in [7, 11) is 0. The zero-order chi connectivity index (χ0) is 27.5. The predicted octanol–water partition coefficient (Wildman–Crippen LogP) is 4.35. The Morgan fingerprint density at radius 2 is 1.72 bits per heavy atom. The number of carbonyl (C=O) groups is 3. The van der Waals surface area contributed by atoms with Gasteiger partial charge in [-0.1, -0.05) is 71.9 Å². The lowest BCUT2D eigenvalue weighted by molar-refractivity contribution is -0.139. The minimum atomic E-state index is -0.504. The molecule has 2 aromatic rings. The molecule has 0 unspecified atom stereocenters. The molecule has 5 rings (SSSR count). The van der Waals surface area contributed by atoms with Crippen molar-refractivity contribution in [2.24, 2.45) is 4.99 Å². The van der Waals surface area contributed by atoms with E-state index < -0.39 is 12.0 Å². The van der Waals surface area contributed by atoms with Crippen LogP contribution in [0.3, 0.4) is 0 Å². The third-order valence-electron chi connectivity index (χ3n) is 7.12. The van der Waals surface area contributed by atoms with Crippen LogP contribution in [0.5, 0.6) is 0 Å². The zero-order valence-corrected chi connectivity index (χ0v) is 23.2. The van der Waals surface area contributed by atoms with Crippen molar-refractivity contribution in [1.82, 2.24) is 14.7 Å². The molecule has 3 heterocycles. The Labute approximate surface area is 233 Å². The van der Waals surface area contributed by atoms with Gasteiger partial charge in [-0.05, 0) is 24.8 Å². The Kier molecular flexibility index (Phi) is 7.88. The fraction of sp³-hybridized carbons (Fsp3) is 0.333. The molecule has 39 heavy (non-hydrogen) atoms. The first-order valence-electron chi connectivity index (χ1n) is 13.2. The van der Waals surface area contributed by atoms with Gasteiger partial charge in [0.15, 0.2) is 5.17 Å². The van der Waals surface area contributed by atoms with Crippen molar-refractivity contribution in [3.05, 3.63) is 88.0 Å². The van der Waals surface area contributed by atoms with Crippen LogP contribution in [0.2, 0.25) is 0 Å². The molecule has 3 aliphatic rings. The van der Waals surface area contributed by atoms with Crippen molar-refractivity contribution in [1.29, 1.82) is 0 Å². The minimum absolute atomic E-state index is 0.00943. The number of amides is 2. The topological polar surface area (TPSA) is 82.5 Å². The summed E-state index contributed by atoms with van der Waals surface area (Å²) in [6.07, 6.45) is 0.172. The Hall–Kier alpha value is -3.85. The number of fused-ring (bicyclic) bond motifs is 1. The van der Waals surface area contributed by atoms with Gasteiger partial charge >= 0.3 is 5.97 Å². The van der Waals surface area contributed by atoms with Crippen LogP contribution < -0.4 is 0 Å². The van der Waals surface area contributed by atoms with Crippen molar-refractivity contribution in [3.8, 4) is 0 Å². The van der Waals surface area contributed by atoms with Gasteiger partial charge in [-0.2, -0.15) is 0 Å². The van der Waals surface area contributed by atoms with Gasteiger partial charge in [-0.15, -0.1) is 0 Å². The van der Waals surface area contributed by atoms with Gasteiger partial charge in [0.25, 0.3) is 0 Å². The predicted molar refractivity (Wildman–Crippen MR) is 152 cm³/mol. The highest BCUT2D eigenvalue weighted by atomic mass is 32.2. The van der Waals surface area contributed by atoms with E-state index in [1.165, 1.54) is 11.8 Å². The summed E-state index contributed by atoms with van der Waals surface area (Å²) >= 11 is 1.46. The molecule has 1 atom stereocenters. The van der Waals surface area contributed by atoms with Gasteiger partial charge in [0.05, 0.1) is 30.3 Å². The van der Waals surface area contributed by atoms with E-state index in [-0.39, 0.29) is 24.8 Å². The van der Waals surface area contributed by atoms with Gasteiger partial charge in [-0.3, -0.25) is 9.59 Å². The van der Waals surface area contributed by atoms with E-state index in [1.807, 2.05) is 70.7 Å². The standard InChI is InChI=1S/C30H32N4O4S/c1-4-38-29(37)26-27(22-10-6-5-7-11-22)31-30-34(28(26)23-12-8-9-20(2)17-23)24(19-39-30)18-25(36)33-15-13-32(14-16-33)21(3)35/h5-12,17,19,28H,4,13-16,18H2,1-3H3/t28-/m1/s1. The molecule has 2 amide bonds. The number of aryl methyl sites for hydroxylation is 1. The first-order chi connectivity index (χ1) is 18.9. The molecule has 2 aromatic carbocycles. The van der Waals surface area contributed by atoms with Crippen molar-refractivity contribution in [3.63, 3.8) is 0 Å². The normalized spacial score (nSPS) is 18.9. The van der Waals surface area contributed by atoms with Crippen LogP contribution in [-0.4, -0.2) is 70.4 Å². The summed E-state index contributed by atoms with van der Waals surface area (Å²) in [6, 6.07) is 17.2. The van der Waals surface area contributed by atoms with Gasteiger partial charge in [-0.25, -0.2) is 9.79 Å². The summed E-state index contributed by atoms with van der Waals surface area (Å²) in [6.45, 7) is 7.69. The van der Waals surface area contributed by atoms with Gasteiger partial charge in [0.1, 0.15) is 0 Å². The molecular formula is C30H32N4O4S. The number of nitrogens with zero attached hydrogens (tertiary/aromatic N) is 4. The summed E-state index contributed by atoms with van der Waals surface area (Å²) in [5.41, 5.74) is 4.65. The maximum atomic E-state index is 13.6. The van der Waals surface area contributed by atoms with Crippen molar-refractivity contribution < 1.29 is 19.1 Å². The second-order valence-electron chi connectivity index (χ2n) is 9.72. The highest BCUT2D eigenvalue weighted by Gasteiger charge is 2.42. The summed E-state index contributed by atoms with van der Waals surface area (Å²) < 4.78 is 5.58. The lowest BCUT2D eigenvalue weighted by Gasteiger charge is -2.38. The largest absolute Gasteiger partial charge is 0.463 e. The molecule has 0 radical (unpaired) electrons. The molecule has 1 saturated heterocycles. The fourth-order valence-electron chi connectivity index (χ4n) is 5.18. The maximum absolute atomic E-state index is 13.6. The number of benzene rings is 2. The monoisotopic (exact) mass is 544 g/mol. The van der Waals surface area contributed by atoms with Crippen LogP contribution >= 0.6 is 11.8 Å². The number of rotatable bonds is 6. The van der Waals surface area contributed by atoms with Gasteiger partial charge < -0.3 is 19.4 Å². The number of piperazine rings is 1. The highest BCUT2D eigenvalue weighted by Crippen LogP contribution is 2.47. The van der Waals surface area contributed by atoms with Crippen LogP contribution in [0.4, 0.5) is 0 Å². The molecule has 202 valence electrons. The van der Waals surface area contributed by atoms with Crippen LogP contribution in [0.15, 0.2) is 76.3 Å². The number of aliphatic imine (C=N–C) groups is 1. The van der Waals surface area contributed by atoms with Gasteiger partial charge in [0.2, 0.25) is 11.8 Å². The fourth-order valence-corrected chi connectivity index (χ4v) is 6.10. The van der Waals surface area contributed by atoms with E-state index >= 15 is 0 Å². The molecule has 0 N–H and O–H groups in total. The Bertz CT molecular complexity index is 1380. The van der Waals surface area contributed by atoms with Crippen LogP contribution in [0, 0.1) is 6.92 Å². The number of esters is 1. The second-order valence-corrected chi connectivity index (χ2v) is 10.6. The number of ether oxygens (including phenoxy) is 1. The first kappa shape index (κ1) is 26.7. The molecule has 9 heteroatoms. The Balaban J connectivity index is 1.53. The molecule has 0 bridgehead atoms. The van der Waals surface area contributed by atoms with Crippen LogP contribution in [0.25, 0.3) is 5.70 Å². The van der Waals surface area contributed by atoms with E-state index in [0.717, 1.165) is 27.6 Å². The van der Waals surface area contributed by atoms with E-state index in [2.05, 4.69) is 6.07 Å². The van der Waals surface area contributed by atoms with Gasteiger partial charge in [0, 0.05) is 44.4 Å². The minimum Gasteiger partial charge on any atom is -0.463 e. The zero-order valence-electron chi connectivity index (χ0n) is 22.4. The van der Waals surface area contributed by atoms with Crippen LogP contribution in [-0.2, 0) is 19.1 Å². The van der Waals surface area contributed by atoms with Crippen molar-refractivity contribution in [2.75, 3.05) is 32.8 Å². The maximum Gasteiger partial charge on any atom is 0.338 e. The molecule has 0 saturated carbocycles. The molecule has 3 aliphatic heterocycles. The Morgan fingerprint density at radius 3 is 2.38 bits per heavy atom.